The maximum absolute atomic E-state index is 12.4. The van der Waals surface area contributed by atoms with Crippen molar-refractivity contribution < 1.29 is 9.59 Å². The fourth-order valence-electron chi connectivity index (χ4n) is 1.81. The maximum atomic E-state index is 12.4. The van der Waals surface area contributed by atoms with E-state index in [9.17, 15) is 9.59 Å². The van der Waals surface area contributed by atoms with Gasteiger partial charge < -0.3 is 0 Å². The van der Waals surface area contributed by atoms with Crippen LogP contribution in [0.1, 0.15) is 4.88 Å². The first-order chi connectivity index (χ1) is 10.0. The van der Waals surface area contributed by atoms with Gasteiger partial charge in [-0.1, -0.05) is 11.6 Å². The van der Waals surface area contributed by atoms with Gasteiger partial charge in [0, 0.05) is 19.8 Å². The van der Waals surface area contributed by atoms with Gasteiger partial charge in [-0.2, -0.15) is 0 Å². The Balaban J connectivity index is 1.92. The Hall–Kier alpha value is -1.08. The van der Waals surface area contributed by atoms with Crippen molar-refractivity contribution in [2.75, 3.05) is 4.90 Å². The highest BCUT2D eigenvalue weighted by Gasteiger charge is 2.36. The van der Waals surface area contributed by atoms with Gasteiger partial charge >= 0.3 is 0 Å². The molecule has 1 saturated heterocycles. The fourth-order valence-corrected chi connectivity index (χ4v) is 4.22. The average Bonchev–Trinajstić information content (AvgIpc) is 2.96. The molecule has 7 heteroatoms. The van der Waals surface area contributed by atoms with E-state index in [4.69, 9.17) is 11.6 Å². The molecule has 0 N–H and O–H groups in total. The summed E-state index contributed by atoms with van der Waals surface area (Å²) in [6.45, 7) is 0. The lowest BCUT2D eigenvalue weighted by Gasteiger charge is -2.11. The van der Waals surface area contributed by atoms with Gasteiger partial charge in [0.2, 0.25) is 0 Å². The molecular weight excluding hydrogens is 394 g/mol. The standard InChI is InChI=1S/C14H7BrClNO2S2/c15-8-5-11(20-7-8)6-12-13(18)17(14(19)21-12)10-3-1-9(16)2-4-10/h1-7H/b12-6+. The number of imide groups is 1. The van der Waals surface area contributed by atoms with Crippen LogP contribution in [-0.2, 0) is 4.79 Å². The third-order valence-corrected chi connectivity index (χ3v) is 5.50. The average molecular weight is 401 g/mol. The molecule has 21 heavy (non-hydrogen) atoms. The van der Waals surface area contributed by atoms with Gasteiger partial charge in [-0.05, 0) is 64.1 Å². The van der Waals surface area contributed by atoms with Crippen molar-refractivity contribution in [3.8, 4) is 0 Å². The van der Waals surface area contributed by atoms with E-state index in [1.165, 1.54) is 11.3 Å². The first-order valence-electron chi connectivity index (χ1n) is 5.82. The first kappa shape index (κ1) is 14.8. The summed E-state index contributed by atoms with van der Waals surface area (Å²) in [6, 6.07) is 8.52. The lowest BCUT2D eigenvalue weighted by atomic mass is 10.3. The second kappa shape index (κ2) is 5.96. The van der Waals surface area contributed by atoms with Crippen molar-refractivity contribution in [1.82, 2.24) is 0 Å². The molecule has 1 aliphatic rings. The molecule has 3 rings (SSSR count). The van der Waals surface area contributed by atoms with Crippen molar-refractivity contribution in [2.24, 2.45) is 0 Å². The van der Waals surface area contributed by atoms with E-state index in [0.717, 1.165) is 26.0 Å². The van der Waals surface area contributed by atoms with Crippen molar-refractivity contribution in [3.05, 3.63) is 55.0 Å². The second-order valence-corrected chi connectivity index (χ2v) is 7.45. The molecule has 2 aromatic rings. The van der Waals surface area contributed by atoms with Crippen LogP contribution in [0.15, 0.2) is 45.1 Å². The minimum Gasteiger partial charge on any atom is -0.268 e. The van der Waals surface area contributed by atoms with E-state index >= 15 is 0 Å². The van der Waals surface area contributed by atoms with E-state index in [0.29, 0.717) is 15.6 Å². The van der Waals surface area contributed by atoms with Crippen LogP contribution < -0.4 is 4.90 Å². The number of halogens is 2. The number of amides is 2. The van der Waals surface area contributed by atoms with Gasteiger partial charge in [0.1, 0.15) is 0 Å². The van der Waals surface area contributed by atoms with Gasteiger partial charge in [0.15, 0.2) is 0 Å². The number of benzene rings is 1. The molecule has 0 radical (unpaired) electrons. The highest BCUT2D eigenvalue weighted by atomic mass is 79.9. The topological polar surface area (TPSA) is 37.4 Å². The van der Waals surface area contributed by atoms with Crippen molar-refractivity contribution in [3.63, 3.8) is 0 Å². The number of hydrogen-bond acceptors (Lipinski definition) is 4. The number of carbonyl (C=O) groups is 2. The lowest BCUT2D eigenvalue weighted by molar-refractivity contribution is -0.113. The quantitative estimate of drug-likeness (QED) is 0.633. The molecule has 0 saturated carbocycles. The Bertz CT molecular complexity index is 755. The minimum atomic E-state index is -0.308. The summed E-state index contributed by atoms with van der Waals surface area (Å²) in [4.78, 5) is 27.0. The Kier molecular flexibility index (Phi) is 4.21. The van der Waals surface area contributed by atoms with Gasteiger partial charge in [-0.25, -0.2) is 4.90 Å². The summed E-state index contributed by atoms with van der Waals surface area (Å²) >= 11 is 11.6. The van der Waals surface area contributed by atoms with Crippen LogP contribution in [0.25, 0.3) is 6.08 Å². The second-order valence-electron chi connectivity index (χ2n) is 4.16. The number of nitrogens with zero attached hydrogens (tertiary/aromatic N) is 1. The molecule has 0 bridgehead atoms. The van der Waals surface area contributed by atoms with Gasteiger partial charge in [0.05, 0.1) is 10.6 Å². The molecule has 2 heterocycles. The summed E-state index contributed by atoms with van der Waals surface area (Å²) in [5.74, 6) is -0.308. The molecule has 1 aromatic heterocycles. The number of carbonyl (C=O) groups excluding carboxylic acids is 2. The molecule has 1 aromatic carbocycles. The molecule has 0 atom stereocenters. The van der Waals surface area contributed by atoms with Crippen LogP contribution in [0.4, 0.5) is 10.5 Å². The lowest BCUT2D eigenvalue weighted by Crippen LogP contribution is -2.27. The Morgan fingerprint density at radius 3 is 2.52 bits per heavy atom. The summed E-state index contributed by atoms with van der Waals surface area (Å²) in [6.07, 6.45) is 1.73. The van der Waals surface area contributed by atoms with Gasteiger partial charge in [-0.3, -0.25) is 9.59 Å². The van der Waals surface area contributed by atoms with E-state index in [2.05, 4.69) is 15.9 Å². The predicted octanol–water partition coefficient (Wildman–Crippen LogP) is 5.40. The monoisotopic (exact) mass is 399 g/mol. The number of thioether (sulfide) groups is 1. The predicted molar refractivity (Wildman–Crippen MR) is 91.9 cm³/mol. The minimum absolute atomic E-state index is 0.302. The highest BCUT2D eigenvalue weighted by molar-refractivity contribution is 9.10. The number of thiophene rings is 1. The molecule has 0 unspecified atom stereocenters. The van der Waals surface area contributed by atoms with Gasteiger partial charge in [-0.15, -0.1) is 11.3 Å². The van der Waals surface area contributed by atoms with E-state index in [1.807, 2.05) is 11.4 Å². The SMILES string of the molecule is O=C1S/C(=C/c2cc(Br)cs2)C(=O)N1c1ccc(Cl)cc1. The van der Waals surface area contributed by atoms with Crippen molar-refractivity contribution in [2.45, 2.75) is 0 Å². The van der Waals surface area contributed by atoms with Crippen LogP contribution in [0.3, 0.4) is 0 Å². The third-order valence-electron chi connectivity index (χ3n) is 2.74. The number of hydrogen-bond donors (Lipinski definition) is 0. The summed E-state index contributed by atoms with van der Waals surface area (Å²) in [5, 5.41) is 2.18. The number of anilines is 1. The van der Waals surface area contributed by atoms with Crippen LogP contribution in [0, 0.1) is 0 Å². The van der Waals surface area contributed by atoms with Crippen LogP contribution in [0.5, 0.6) is 0 Å². The normalized spacial score (nSPS) is 17.0. The Morgan fingerprint density at radius 2 is 1.90 bits per heavy atom. The molecular formula is C14H7BrClNO2S2. The first-order valence-corrected chi connectivity index (χ1v) is 8.69. The Labute approximate surface area is 142 Å². The summed E-state index contributed by atoms with van der Waals surface area (Å²) in [5.41, 5.74) is 0.526. The molecule has 0 aliphatic carbocycles. The summed E-state index contributed by atoms with van der Waals surface area (Å²) < 4.78 is 0.954. The van der Waals surface area contributed by atoms with Gasteiger partial charge in [0.25, 0.3) is 11.1 Å². The zero-order valence-corrected chi connectivity index (χ0v) is 14.4. The van der Waals surface area contributed by atoms with Crippen LogP contribution >= 0.6 is 50.6 Å². The Morgan fingerprint density at radius 1 is 1.19 bits per heavy atom. The molecule has 2 amide bonds. The van der Waals surface area contributed by atoms with E-state index < -0.39 is 0 Å². The van der Waals surface area contributed by atoms with Crippen molar-refractivity contribution in [1.29, 1.82) is 0 Å². The molecule has 106 valence electrons. The largest absolute Gasteiger partial charge is 0.298 e. The molecule has 1 fully saturated rings. The fraction of sp³-hybridized carbons (Fsp3) is 0. The molecule has 1 aliphatic heterocycles. The maximum Gasteiger partial charge on any atom is 0.298 e. The van der Waals surface area contributed by atoms with E-state index in [-0.39, 0.29) is 11.1 Å². The van der Waals surface area contributed by atoms with Crippen LogP contribution in [-0.4, -0.2) is 11.1 Å². The highest BCUT2D eigenvalue weighted by Crippen LogP contribution is 2.37. The molecule has 0 spiro atoms. The van der Waals surface area contributed by atoms with Crippen molar-refractivity contribution >= 4 is 73.5 Å². The molecule has 3 nitrogen and oxygen atoms in total. The van der Waals surface area contributed by atoms with E-state index in [1.54, 1.807) is 30.3 Å². The zero-order valence-electron chi connectivity index (χ0n) is 10.4. The smallest absolute Gasteiger partial charge is 0.268 e. The third kappa shape index (κ3) is 3.08. The van der Waals surface area contributed by atoms with Crippen LogP contribution in [0.2, 0.25) is 5.02 Å². The zero-order chi connectivity index (χ0) is 15.0. The summed E-state index contributed by atoms with van der Waals surface area (Å²) in [7, 11) is 0. The number of rotatable bonds is 2.